The van der Waals surface area contributed by atoms with Gasteiger partial charge in [0.05, 0.1) is 16.9 Å². The topological polar surface area (TPSA) is 74.7 Å². The third kappa shape index (κ3) is 3.77. The highest BCUT2D eigenvalue weighted by Gasteiger charge is 2.12. The molecule has 154 valence electrons. The van der Waals surface area contributed by atoms with Crippen molar-refractivity contribution in [1.29, 1.82) is 0 Å². The van der Waals surface area contributed by atoms with E-state index in [1.165, 1.54) is 12.1 Å². The van der Waals surface area contributed by atoms with Gasteiger partial charge >= 0.3 is 6.03 Å². The van der Waals surface area contributed by atoms with E-state index in [0.29, 0.717) is 16.7 Å². The van der Waals surface area contributed by atoms with E-state index in [2.05, 4.69) is 41.1 Å². The standard InChI is InChI=1S/C23H17BrFN5O/c24-15-4-5-18(25)20(12-15)29-23(31)28-19-2-1-3-21-17(19)8-11-30(21)13-14-6-9-26-22-16(14)7-10-27-22/h1-12H,13H2,(H,26,27)(H2,28,29,31). The molecule has 0 atom stereocenters. The number of amides is 2. The van der Waals surface area contributed by atoms with Crippen molar-refractivity contribution >= 4 is 55.3 Å². The number of carbonyl (C=O) groups is 1. The third-order valence-electron chi connectivity index (χ3n) is 5.13. The van der Waals surface area contributed by atoms with Gasteiger partial charge in [-0.05, 0) is 54.1 Å². The molecule has 0 aliphatic heterocycles. The molecular formula is C23H17BrFN5O. The van der Waals surface area contributed by atoms with Crippen molar-refractivity contribution in [2.75, 3.05) is 10.6 Å². The Balaban J connectivity index is 1.41. The van der Waals surface area contributed by atoms with Crippen LogP contribution in [-0.4, -0.2) is 20.6 Å². The number of nitrogens with zero attached hydrogens (tertiary/aromatic N) is 2. The lowest BCUT2D eigenvalue weighted by Crippen LogP contribution is -2.20. The molecule has 0 bridgehead atoms. The van der Waals surface area contributed by atoms with Crippen molar-refractivity contribution < 1.29 is 9.18 Å². The Morgan fingerprint density at radius 1 is 1.06 bits per heavy atom. The second kappa shape index (κ2) is 7.88. The number of urea groups is 1. The predicted octanol–water partition coefficient (Wildman–Crippen LogP) is 6.11. The van der Waals surface area contributed by atoms with Crippen LogP contribution in [0.15, 0.2) is 77.7 Å². The average molecular weight is 478 g/mol. The molecule has 0 radical (unpaired) electrons. The van der Waals surface area contributed by atoms with Crippen LogP contribution < -0.4 is 10.6 Å². The van der Waals surface area contributed by atoms with E-state index >= 15 is 0 Å². The number of aromatic nitrogens is 3. The molecule has 3 aromatic heterocycles. The molecule has 2 amide bonds. The van der Waals surface area contributed by atoms with Gasteiger partial charge in [-0.2, -0.15) is 0 Å². The third-order valence-corrected chi connectivity index (χ3v) is 5.62. The highest BCUT2D eigenvalue weighted by molar-refractivity contribution is 9.10. The maximum Gasteiger partial charge on any atom is 0.323 e. The first kappa shape index (κ1) is 19.3. The summed E-state index contributed by atoms with van der Waals surface area (Å²) < 4.78 is 16.7. The lowest BCUT2D eigenvalue weighted by Gasteiger charge is -2.11. The molecule has 0 saturated carbocycles. The van der Waals surface area contributed by atoms with Crippen molar-refractivity contribution in [2.45, 2.75) is 6.54 Å². The molecule has 8 heteroatoms. The average Bonchev–Trinajstić information content (AvgIpc) is 3.39. The summed E-state index contributed by atoms with van der Waals surface area (Å²) in [6.07, 6.45) is 5.66. The van der Waals surface area contributed by atoms with E-state index in [9.17, 15) is 9.18 Å². The van der Waals surface area contributed by atoms with Gasteiger partial charge < -0.3 is 20.2 Å². The van der Waals surface area contributed by atoms with Crippen LogP contribution in [0.4, 0.5) is 20.6 Å². The van der Waals surface area contributed by atoms with Crippen molar-refractivity contribution in [3.63, 3.8) is 0 Å². The summed E-state index contributed by atoms with van der Waals surface area (Å²) in [6, 6.07) is 15.6. The summed E-state index contributed by atoms with van der Waals surface area (Å²) in [5.41, 5.74) is 3.72. The van der Waals surface area contributed by atoms with Crippen molar-refractivity contribution in [3.8, 4) is 0 Å². The Bertz CT molecular complexity index is 1420. The van der Waals surface area contributed by atoms with E-state index in [-0.39, 0.29) is 5.69 Å². The number of benzene rings is 2. The summed E-state index contributed by atoms with van der Waals surface area (Å²) in [7, 11) is 0. The van der Waals surface area contributed by atoms with E-state index in [0.717, 1.165) is 27.5 Å². The summed E-state index contributed by atoms with van der Waals surface area (Å²) in [6.45, 7) is 0.666. The van der Waals surface area contributed by atoms with Gasteiger partial charge in [0.2, 0.25) is 0 Å². The number of rotatable bonds is 4. The highest BCUT2D eigenvalue weighted by atomic mass is 79.9. The minimum Gasteiger partial charge on any atom is -0.346 e. The molecule has 0 unspecified atom stereocenters. The molecular weight excluding hydrogens is 461 g/mol. The van der Waals surface area contributed by atoms with Crippen LogP contribution in [0, 0.1) is 5.82 Å². The monoisotopic (exact) mass is 477 g/mol. The molecule has 5 aromatic rings. The number of aromatic amines is 1. The first-order valence-corrected chi connectivity index (χ1v) is 10.4. The number of pyridine rings is 1. The number of carbonyl (C=O) groups excluding carboxylic acids is 1. The molecule has 0 aliphatic rings. The number of halogens is 2. The molecule has 31 heavy (non-hydrogen) atoms. The maximum absolute atomic E-state index is 13.9. The second-order valence-electron chi connectivity index (χ2n) is 7.10. The predicted molar refractivity (Wildman–Crippen MR) is 124 cm³/mol. The largest absolute Gasteiger partial charge is 0.346 e. The Morgan fingerprint density at radius 3 is 2.84 bits per heavy atom. The zero-order valence-electron chi connectivity index (χ0n) is 16.2. The lowest BCUT2D eigenvalue weighted by molar-refractivity contribution is 0.262. The van der Waals surface area contributed by atoms with Crippen LogP contribution >= 0.6 is 15.9 Å². The molecule has 0 aliphatic carbocycles. The first-order chi connectivity index (χ1) is 15.1. The fourth-order valence-electron chi connectivity index (χ4n) is 3.68. The quantitative estimate of drug-likeness (QED) is 0.292. The van der Waals surface area contributed by atoms with Crippen LogP contribution in [0.5, 0.6) is 0 Å². The number of anilines is 2. The molecule has 5 rings (SSSR count). The summed E-state index contributed by atoms with van der Waals surface area (Å²) >= 11 is 3.28. The van der Waals surface area contributed by atoms with Crippen LogP contribution in [0.1, 0.15) is 5.56 Å². The zero-order valence-corrected chi connectivity index (χ0v) is 17.8. The number of fused-ring (bicyclic) bond motifs is 2. The smallest absolute Gasteiger partial charge is 0.323 e. The summed E-state index contributed by atoms with van der Waals surface area (Å²) in [5.74, 6) is -0.504. The minimum absolute atomic E-state index is 0.102. The Morgan fingerprint density at radius 2 is 1.94 bits per heavy atom. The Kier molecular flexibility index (Phi) is 4.91. The van der Waals surface area contributed by atoms with Gasteiger partial charge in [-0.1, -0.05) is 22.0 Å². The number of H-pyrrole nitrogens is 1. The number of nitrogens with one attached hydrogen (secondary N) is 3. The van der Waals surface area contributed by atoms with E-state index in [1.807, 2.05) is 48.8 Å². The molecule has 0 fully saturated rings. The summed E-state index contributed by atoms with van der Waals surface area (Å²) in [4.78, 5) is 19.9. The van der Waals surface area contributed by atoms with Gasteiger partial charge in [0, 0.05) is 40.4 Å². The van der Waals surface area contributed by atoms with E-state index in [1.54, 1.807) is 12.3 Å². The van der Waals surface area contributed by atoms with E-state index < -0.39 is 11.8 Å². The van der Waals surface area contributed by atoms with Gasteiger partial charge in [-0.15, -0.1) is 0 Å². The minimum atomic E-state index is -0.514. The molecule has 6 nitrogen and oxygen atoms in total. The lowest BCUT2D eigenvalue weighted by atomic mass is 10.2. The molecule has 3 N–H and O–H groups in total. The van der Waals surface area contributed by atoms with Crippen molar-refractivity contribution in [1.82, 2.24) is 14.5 Å². The Labute approximate surface area is 185 Å². The maximum atomic E-state index is 13.9. The summed E-state index contributed by atoms with van der Waals surface area (Å²) in [5, 5.41) is 7.35. The molecule has 0 saturated heterocycles. The molecule has 2 aromatic carbocycles. The van der Waals surface area contributed by atoms with Crippen LogP contribution in [0.2, 0.25) is 0 Å². The van der Waals surface area contributed by atoms with Crippen LogP contribution in [-0.2, 0) is 6.54 Å². The fourth-order valence-corrected chi connectivity index (χ4v) is 4.04. The van der Waals surface area contributed by atoms with Gasteiger partial charge in [-0.3, -0.25) is 0 Å². The van der Waals surface area contributed by atoms with Crippen molar-refractivity contribution in [2.24, 2.45) is 0 Å². The number of hydrogen-bond donors (Lipinski definition) is 3. The molecule has 3 heterocycles. The zero-order chi connectivity index (χ0) is 21.4. The van der Waals surface area contributed by atoms with E-state index in [4.69, 9.17) is 0 Å². The van der Waals surface area contributed by atoms with Crippen LogP contribution in [0.3, 0.4) is 0 Å². The SMILES string of the molecule is O=C(Nc1cc(Br)ccc1F)Nc1cccc2c1ccn2Cc1ccnc2[nH]ccc12. The fraction of sp³-hybridized carbons (Fsp3) is 0.0435. The number of hydrogen-bond acceptors (Lipinski definition) is 2. The van der Waals surface area contributed by atoms with Gasteiger partial charge in [0.15, 0.2) is 0 Å². The Hall–Kier alpha value is -3.65. The van der Waals surface area contributed by atoms with Gasteiger partial charge in [0.25, 0.3) is 0 Å². The van der Waals surface area contributed by atoms with Gasteiger partial charge in [-0.25, -0.2) is 14.2 Å². The second-order valence-corrected chi connectivity index (χ2v) is 8.01. The van der Waals surface area contributed by atoms with Gasteiger partial charge in [0.1, 0.15) is 11.5 Å². The highest BCUT2D eigenvalue weighted by Crippen LogP contribution is 2.27. The first-order valence-electron chi connectivity index (χ1n) is 9.60. The molecule has 0 spiro atoms. The van der Waals surface area contributed by atoms with Crippen molar-refractivity contribution in [3.05, 3.63) is 89.0 Å². The van der Waals surface area contributed by atoms with Crippen LogP contribution in [0.25, 0.3) is 21.9 Å². The normalized spacial score (nSPS) is 11.2.